The molecule has 1 aromatic carbocycles. The number of hydrogen-bond donors (Lipinski definition) is 1. The van der Waals surface area contributed by atoms with Gasteiger partial charge >= 0.3 is 0 Å². The molecule has 0 radical (unpaired) electrons. The Hall–Kier alpha value is -1.81. The molecule has 4 heteroatoms. The molecule has 0 saturated heterocycles. The van der Waals surface area contributed by atoms with E-state index in [1.165, 1.54) is 5.56 Å². The number of aromatic nitrogens is 2. The van der Waals surface area contributed by atoms with E-state index in [4.69, 9.17) is 5.73 Å². The molecule has 0 aliphatic carbocycles. The van der Waals surface area contributed by atoms with Crippen LogP contribution in [0.5, 0.6) is 0 Å². The van der Waals surface area contributed by atoms with Crippen molar-refractivity contribution in [3.8, 4) is 5.69 Å². The Morgan fingerprint density at radius 2 is 1.76 bits per heavy atom. The molecular weight excluding hydrogens is 260 g/mol. The van der Waals surface area contributed by atoms with Crippen molar-refractivity contribution in [2.75, 3.05) is 26.4 Å². The Bertz CT molecular complexity index is 588. The van der Waals surface area contributed by atoms with E-state index in [0.717, 1.165) is 24.3 Å². The molecule has 0 bridgehead atoms. The van der Waals surface area contributed by atoms with Gasteiger partial charge in [-0.05, 0) is 38.2 Å². The standard InChI is InChI=1S/C17H26N4/c1-17(2,3)15-12-16(18)21(19-15)14-8-6-13(7-9-14)10-11-20(4)5/h6-9,12H,10-11,18H2,1-5H3. The maximum atomic E-state index is 6.10. The third kappa shape index (κ3) is 3.85. The van der Waals surface area contributed by atoms with E-state index >= 15 is 0 Å². The predicted octanol–water partition coefficient (Wildman–Crippen LogP) is 2.86. The van der Waals surface area contributed by atoms with Crippen LogP contribution < -0.4 is 5.73 Å². The topological polar surface area (TPSA) is 47.1 Å². The Kier molecular flexibility index (Phi) is 4.37. The zero-order valence-corrected chi connectivity index (χ0v) is 13.7. The minimum atomic E-state index is 0.00498. The lowest BCUT2D eigenvalue weighted by atomic mass is 9.92. The number of nitrogens with zero attached hydrogens (tertiary/aromatic N) is 3. The van der Waals surface area contributed by atoms with Crippen molar-refractivity contribution >= 4 is 5.82 Å². The van der Waals surface area contributed by atoms with Gasteiger partial charge in [0.1, 0.15) is 5.82 Å². The Morgan fingerprint density at radius 3 is 2.24 bits per heavy atom. The van der Waals surface area contributed by atoms with Crippen molar-refractivity contribution in [2.24, 2.45) is 0 Å². The fourth-order valence-electron chi connectivity index (χ4n) is 2.13. The van der Waals surface area contributed by atoms with Crippen molar-refractivity contribution in [1.29, 1.82) is 0 Å². The van der Waals surface area contributed by atoms with E-state index in [1.807, 2.05) is 10.7 Å². The molecule has 0 saturated carbocycles. The highest BCUT2D eigenvalue weighted by Crippen LogP contribution is 2.24. The first kappa shape index (κ1) is 15.6. The fraction of sp³-hybridized carbons (Fsp3) is 0.471. The van der Waals surface area contributed by atoms with Crippen molar-refractivity contribution in [3.63, 3.8) is 0 Å². The molecule has 0 spiro atoms. The number of anilines is 1. The van der Waals surface area contributed by atoms with Gasteiger partial charge in [0, 0.05) is 18.0 Å². The molecule has 1 aromatic heterocycles. The van der Waals surface area contributed by atoms with Crippen LogP contribution in [0, 0.1) is 0 Å². The molecular formula is C17H26N4. The number of nitrogen functional groups attached to an aromatic ring is 1. The quantitative estimate of drug-likeness (QED) is 0.940. The molecule has 0 fully saturated rings. The molecule has 4 nitrogen and oxygen atoms in total. The second-order valence-corrected chi connectivity index (χ2v) is 6.84. The minimum absolute atomic E-state index is 0.00498. The van der Waals surface area contributed by atoms with Crippen LogP contribution in [0.25, 0.3) is 5.69 Å². The van der Waals surface area contributed by atoms with Crippen LogP contribution >= 0.6 is 0 Å². The summed E-state index contributed by atoms with van der Waals surface area (Å²) in [7, 11) is 4.18. The van der Waals surface area contributed by atoms with Crippen LogP contribution in [0.1, 0.15) is 32.0 Å². The smallest absolute Gasteiger partial charge is 0.127 e. The average molecular weight is 286 g/mol. The van der Waals surface area contributed by atoms with Crippen LogP contribution in [0.2, 0.25) is 0 Å². The van der Waals surface area contributed by atoms with Crippen LogP contribution in [-0.4, -0.2) is 35.3 Å². The SMILES string of the molecule is CN(C)CCc1ccc(-n2nc(C(C)(C)C)cc2N)cc1. The third-order valence-electron chi connectivity index (χ3n) is 3.53. The fourth-order valence-corrected chi connectivity index (χ4v) is 2.13. The number of benzene rings is 1. The average Bonchev–Trinajstić information content (AvgIpc) is 2.79. The predicted molar refractivity (Wildman–Crippen MR) is 88.9 cm³/mol. The summed E-state index contributed by atoms with van der Waals surface area (Å²) in [5.41, 5.74) is 9.45. The summed E-state index contributed by atoms with van der Waals surface area (Å²) in [6.45, 7) is 7.48. The zero-order chi connectivity index (χ0) is 15.6. The largest absolute Gasteiger partial charge is 0.384 e. The number of likely N-dealkylation sites (N-methyl/N-ethyl adjacent to an activating group) is 1. The van der Waals surface area contributed by atoms with Gasteiger partial charge in [0.05, 0.1) is 11.4 Å². The lowest BCUT2D eigenvalue weighted by Crippen LogP contribution is -2.15. The second kappa shape index (κ2) is 5.90. The van der Waals surface area contributed by atoms with Crippen molar-refractivity contribution < 1.29 is 0 Å². The minimum Gasteiger partial charge on any atom is -0.384 e. The molecule has 0 aliphatic rings. The van der Waals surface area contributed by atoms with Crippen LogP contribution in [0.15, 0.2) is 30.3 Å². The first-order valence-electron chi connectivity index (χ1n) is 7.37. The Balaban J connectivity index is 2.21. The molecule has 0 amide bonds. The van der Waals surface area contributed by atoms with Crippen molar-refractivity contribution in [1.82, 2.24) is 14.7 Å². The van der Waals surface area contributed by atoms with E-state index in [9.17, 15) is 0 Å². The first-order chi connectivity index (χ1) is 9.77. The molecule has 1 heterocycles. The highest BCUT2D eigenvalue weighted by atomic mass is 15.3. The van der Waals surface area contributed by atoms with Crippen LogP contribution in [-0.2, 0) is 11.8 Å². The lowest BCUT2D eigenvalue weighted by molar-refractivity contribution is 0.413. The third-order valence-corrected chi connectivity index (χ3v) is 3.53. The molecule has 0 atom stereocenters. The molecule has 21 heavy (non-hydrogen) atoms. The Labute approximate surface area is 127 Å². The summed E-state index contributed by atoms with van der Waals surface area (Å²) in [5.74, 6) is 0.681. The van der Waals surface area contributed by atoms with Crippen molar-refractivity contribution in [3.05, 3.63) is 41.6 Å². The summed E-state index contributed by atoms with van der Waals surface area (Å²) in [6, 6.07) is 10.4. The van der Waals surface area contributed by atoms with Gasteiger partial charge in [-0.3, -0.25) is 0 Å². The summed E-state index contributed by atoms with van der Waals surface area (Å²) >= 11 is 0. The number of rotatable bonds is 4. The highest BCUT2D eigenvalue weighted by molar-refractivity contribution is 5.44. The molecule has 2 N–H and O–H groups in total. The van der Waals surface area contributed by atoms with Gasteiger partial charge in [-0.25, -0.2) is 4.68 Å². The van der Waals surface area contributed by atoms with Crippen LogP contribution in [0.3, 0.4) is 0 Å². The summed E-state index contributed by atoms with van der Waals surface area (Å²) in [6.07, 6.45) is 1.05. The van der Waals surface area contributed by atoms with E-state index < -0.39 is 0 Å². The van der Waals surface area contributed by atoms with Crippen LogP contribution in [0.4, 0.5) is 5.82 Å². The van der Waals surface area contributed by atoms with Gasteiger partial charge in [-0.15, -0.1) is 0 Å². The summed E-state index contributed by atoms with van der Waals surface area (Å²) in [5, 5.41) is 4.64. The van der Waals surface area contributed by atoms with Gasteiger partial charge in [0.15, 0.2) is 0 Å². The number of hydrogen-bond acceptors (Lipinski definition) is 3. The lowest BCUT2D eigenvalue weighted by Gasteiger charge is -2.14. The number of nitrogens with two attached hydrogens (primary N) is 1. The van der Waals surface area contributed by atoms with Gasteiger partial charge in [-0.2, -0.15) is 5.10 Å². The van der Waals surface area contributed by atoms with E-state index in [0.29, 0.717) is 5.82 Å². The summed E-state index contributed by atoms with van der Waals surface area (Å²) in [4.78, 5) is 2.19. The molecule has 2 aromatic rings. The maximum absolute atomic E-state index is 6.10. The van der Waals surface area contributed by atoms with Gasteiger partial charge in [-0.1, -0.05) is 32.9 Å². The Morgan fingerprint density at radius 1 is 1.14 bits per heavy atom. The molecule has 2 rings (SSSR count). The monoisotopic (exact) mass is 286 g/mol. The molecule has 0 unspecified atom stereocenters. The first-order valence-corrected chi connectivity index (χ1v) is 7.37. The van der Waals surface area contributed by atoms with Gasteiger partial charge < -0.3 is 10.6 Å². The van der Waals surface area contributed by atoms with E-state index in [1.54, 1.807) is 0 Å². The molecule has 0 aliphatic heterocycles. The zero-order valence-electron chi connectivity index (χ0n) is 13.7. The molecule has 114 valence electrons. The van der Waals surface area contributed by atoms with E-state index in [-0.39, 0.29) is 5.41 Å². The normalized spacial score (nSPS) is 12.1. The summed E-state index contributed by atoms with van der Waals surface area (Å²) < 4.78 is 1.82. The van der Waals surface area contributed by atoms with Gasteiger partial charge in [0.2, 0.25) is 0 Å². The highest BCUT2D eigenvalue weighted by Gasteiger charge is 2.19. The van der Waals surface area contributed by atoms with Gasteiger partial charge in [0.25, 0.3) is 0 Å². The maximum Gasteiger partial charge on any atom is 0.127 e. The second-order valence-electron chi connectivity index (χ2n) is 6.84. The van der Waals surface area contributed by atoms with Crippen molar-refractivity contribution in [2.45, 2.75) is 32.6 Å². The van der Waals surface area contributed by atoms with E-state index in [2.05, 4.69) is 69.1 Å².